The number of ether oxygens (including phenoxy) is 1. The van der Waals surface area contributed by atoms with E-state index in [1.165, 1.54) is 42.5 Å². The highest BCUT2D eigenvalue weighted by Gasteiger charge is 2.23. The van der Waals surface area contributed by atoms with E-state index in [1.54, 1.807) is 24.3 Å². The Kier molecular flexibility index (Phi) is 4.47. The first-order chi connectivity index (χ1) is 12.0. The average Bonchev–Trinajstić information content (AvgIpc) is 2.96. The molecule has 0 spiro atoms. The van der Waals surface area contributed by atoms with Crippen LogP contribution < -0.4 is 0 Å². The van der Waals surface area contributed by atoms with Gasteiger partial charge < -0.3 is 4.74 Å². The Balaban J connectivity index is 1.80. The number of hydrogen-bond acceptors (Lipinski definition) is 5. The number of carbonyl (C=O) groups is 1. The molecular formula is C18H11FN2O4. The molecule has 0 unspecified atom stereocenters. The Hall–Kier alpha value is -3.61. The zero-order valence-corrected chi connectivity index (χ0v) is 12.8. The zero-order chi connectivity index (χ0) is 17.8. The molecule has 3 rings (SSSR count). The van der Waals surface area contributed by atoms with Gasteiger partial charge in [0.25, 0.3) is 5.69 Å². The number of nitro groups is 1. The van der Waals surface area contributed by atoms with Crippen LogP contribution in [-0.2, 0) is 9.53 Å². The summed E-state index contributed by atoms with van der Waals surface area (Å²) in [6, 6.07) is 11.6. The molecular weight excluding hydrogens is 327 g/mol. The summed E-state index contributed by atoms with van der Waals surface area (Å²) in [7, 11) is 0. The first-order valence-electron chi connectivity index (χ1n) is 7.22. The number of esters is 1. The summed E-state index contributed by atoms with van der Waals surface area (Å²) in [4.78, 5) is 26.1. The van der Waals surface area contributed by atoms with E-state index >= 15 is 0 Å². The molecule has 2 aromatic rings. The minimum Gasteiger partial charge on any atom is -0.402 e. The number of non-ortho nitro benzene ring substituents is 1. The van der Waals surface area contributed by atoms with Gasteiger partial charge in [0.15, 0.2) is 5.70 Å². The Morgan fingerprint density at radius 2 is 1.96 bits per heavy atom. The van der Waals surface area contributed by atoms with Gasteiger partial charge in [-0.2, -0.15) is 0 Å². The Labute approximate surface area is 141 Å². The second kappa shape index (κ2) is 6.88. The molecule has 0 saturated carbocycles. The second-order valence-corrected chi connectivity index (χ2v) is 5.08. The average molecular weight is 338 g/mol. The predicted molar refractivity (Wildman–Crippen MR) is 89.2 cm³/mol. The molecule has 25 heavy (non-hydrogen) atoms. The van der Waals surface area contributed by atoms with E-state index in [4.69, 9.17) is 4.74 Å². The minimum absolute atomic E-state index is 0.0264. The fraction of sp³-hybridized carbons (Fsp3) is 0. The van der Waals surface area contributed by atoms with E-state index in [0.717, 1.165) is 0 Å². The van der Waals surface area contributed by atoms with Crippen LogP contribution in [0.1, 0.15) is 11.1 Å². The van der Waals surface area contributed by atoms with Gasteiger partial charge in [0.1, 0.15) is 5.82 Å². The number of rotatable bonds is 4. The van der Waals surface area contributed by atoms with Crippen molar-refractivity contribution in [1.29, 1.82) is 0 Å². The number of cyclic esters (lactones) is 1. The van der Waals surface area contributed by atoms with Crippen molar-refractivity contribution in [3.8, 4) is 0 Å². The van der Waals surface area contributed by atoms with Gasteiger partial charge in [-0.3, -0.25) is 10.1 Å². The van der Waals surface area contributed by atoms with Gasteiger partial charge in [-0.05, 0) is 29.8 Å². The number of nitrogens with zero attached hydrogens (tertiary/aromatic N) is 2. The molecule has 0 aromatic heterocycles. The number of aliphatic imine (C=N–C) groups is 1. The van der Waals surface area contributed by atoms with E-state index in [2.05, 4.69) is 4.99 Å². The molecule has 0 bridgehead atoms. The summed E-state index contributed by atoms with van der Waals surface area (Å²) < 4.78 is 18.2. The van der Waals surface area contributed by atoms with Crippen molar-refractivity contribution in [1.82, 2.24) is 0 Å². The van der Waals surface area contributed by atoms with Crippen molar-refractivity contribution in [3.63, 3.8) is 0 Å². The summed E-state index contributed by atoms with van der Waals surface area (Å²) >= 11 is 0. The fourth-order valence-corrected chi connectivity index (χ4v) is 2.16. The third kappa shape index (κ3) is 3.84. The van der Waals surface area contributed by atoms with Gasteiger partial charge in [0.2, 0.25) is 5.90 Å². The van der Waals surface area contributed by atoms with Crippen molar-refractivity contribution in [2.24, 2.45) is 4.99 Å². The smallest absolute Gasteiger partial charge is 0.363 e. The van der Waals surface area contributed by atoms with Crippen LogP contribution in [0.2, 0.25) is 0 Å². The highest BCUT2D eigenvalue weighted by molar-refractivity contribution is 6.11. The molecule has 7 heteroatoms. The predicted octanol–water partition coefficient (Wildman–Crippen LogP) is 3.63. The monoisotopic (exact) mass is 338 g/mol. The van der Waals surface area contributed by atoms with Crippen LogP contribution in [-0.4, -0.2) is 16.8 Å². The maximum absolute atomic E-state index is 13.2. The maximum atomic E-state index is 13.2. The lowest BCUT2D eigenvalue weighted by atomic mass is 10.2. The number of benzene rings is 2. The molecule has 0 radical (unpaired) electrons. The lowest BCUT2D eigenvalue weighted by Gasteiger charge is -1.98. The van der Waals surface area contributed by atoms with Crippen molar-refractivity contribution in [3.05, 3.63) is 93.4 Å². The normalized spacial score (nSPS) is 15.5. The molecule has 6 nitrogen and oxygen atoms in total. The van der Waals surface area contributed by atoms with Crippen LogP contribution in [0.3, 0.4) is 0 Å². The quantitative estimate of drug-likeness (QED) is 0.369. The molecule has 0 atom stereocenters. The van der Waals surface area contributed by atoms with Gasteiger partial charge in [-0.15, -0.1) is 0 Å². The van der Waals surface area contributed by atoms with Gasteiger partial charge in [0, 0.05) is 17.7 Å². The Bertz CT molecular complexity index is 948. The first kappa shape index (κ1) is 16.3. The van der Waals surface area contributed by atoms with Gasteiger partial charge in [-0.1, -0.05) is 30.4 Å². The zero-order valence-electron chi connectivity index (χ0n) is 12.8. The van der Waals surface area contributed by atoms with E-state index < -0.39 is 16.7 Å². The van der Waals surface area contributed by atoms with E-state index in [-0.39, 0.29) is 17.3 Å². The SMILES string of the molecule is O=C1OC(c2cccc(F)c2)=N/C1=C/C=C/c1cccc([N+](=O)[O-])c1. The number of nitro benzene ring substituents is 1. The summed E-state index contributed by atoms with van der Waals surface area (Å²) in [5, 5.41) is 10.7. The van der Waals surface area contributed by atoms with Gasteiger partial charge >= 0.3 is 5.97 Å². The van der Waals surface area contributed by atoms with Crippen LogP contribution in [0.5, 0.6) is 0 Å². The third-order valence-corrected chi connectivity index (χ3v) is 3.32. The third-order valence-electron chi connectivity index (χ3n) is 3.32. The lowest BCUT2D eigenvalue weighted by molar-refractivity contribution is -0.384. The molecule has 0 aliphatic carbocycles. The largest absolute Gasteiger partial charge is 0.402 e. The standard InChI is InChI=1S/C18H11FN2O4/c19-14-7-3-6-13(11-14)17-20-16(18(22)25-17)9-2-5-12-4-1-8-15(10-12)21(23)24/h1-11H/b5-2+,16-9+. The molecule has 124 valence electrons. The maximum Gasteiger partial charge on any atom is 0.363 e. The minimum atomic E-state index is -0.650. The molecule has 2 aromatic carbocycles. The lowest BCUT2D eigenvalue weighted by Crippen LogP contribution is -2.05. The van der Waals surface area contributed by atoms with E-state index in [0.29, 0.717) is 11.1 Å². The topological polar surface area (TPSA) is 81.8 Å². The van der Waals surface area contributed by atoms with Crippen molar-refractivity contribution in [2.75, 3.05) is 0 Å². The summed E-state index contributed by atoms with van der Waals surface area (Å²) in [6.45, 7) is 0. The van der Waals surface area contributed by atoms with Gasteiger partial charge in [0.05, 0.1) is 4.92 Å². The number of hydrogen-bond donors (Lipinski definition) is 0. The highest BCUT2D eigenvalue weighted by atomic mass is 19.1. The van der Waals surface area contributed by atoms with Gasteiger partial charge in [-0.25, -0.2) is 14.2 Å². The molecule has 1 aliphatic heterocycles. The molecule has 1 aliphatic rings. The van der Waals surface area contributed by atoms with E-state index in [1.807, 2.05) is 0 Å². The molecule has 0 N–H and O–H groups in total. The van der Waals surface area contributed by atoms with Crippen LogP contribution in [0.15, 0.2) is 71.4 Å². The molecule has 1 heterocycles. The van der Waals surface area contributed by atoms with Crippen molar-refractivity contribution < 1.29 is 18.8 Å². The van der Waals surface area contributed by atoms with Crippen LogP contribution in [0.25, 0.3) is 6.08 Å². The number of carbonyl (C=O) groups excluding carboxylic acids is 1. The van der Waals surface area contributed by atoms with Crippen LogP contribution in [0, 0.1) is 15.9 Å². The fourth-order valence-electron chi connectivity index (χ4n) is 2.16. The molecule has 0 amide bonds. The first-order valence-corrected chi connectivity index (χ1v) is 7.22. The number of halogens is 1. The van der Waals surface area contributed by atoms with Crippen LogP contribution >= 0.6 is 0 Å². The molecule has 0 fully saturated rings. The van der Waals surface area contributed by atoms with Crippen LogP contribution in [0.4, 0.5) is 10.1 Å². The summed E-state index contributed by atoms with van der Waals surface area (Å²) in [5.74, 6) is -1.08. The van der Waals surface area contributed by atoms with Crippen molar-refractivity contribution >= 4 is 23.6 Å². The summed E-state index contributed by atoms with van der Waals surface area (Å²) in [5.41, 5.74) is 0.994. The number of allylic oxidation sites excluding steroid dienone is 2. The molecule has 0 saturated heterocycles. The Morgan fingerprint density at radius 3 is 2.72 bits per heavy atom. The van der Waals surface area contributed by atoms with Crippen molar-refractivity contribution in [2.45, 2.75) is 0 Å². The second-order valence-electron chi connectivity index (χ2n) is 5.08. The highest BCUT2D eigenvalue weighted by Crippen LogP contribution is 2.18. The summed E-state index contributed by atoms with van der Waals surface area (Å²) in [6.07, 6.45) is 4.56. The Morgan fingerprint density at radius 1 is 1.16 bits per heavy atom. The van der Waals surface area contributed by atoms with E-state index in [9.17, 15) is 19.3 Å².